The van der Waals surface area contributed by atoms with Crippen molar-refractivity contribution < 1.29 is 14.3 Å². The van der Waals surface area contributed by atoms with E-state index < -0.39 is 0 Å². The predicted octanol–water partition coefficient (Wildman–Crippen LogP) is 4.49. The van der Waals surface area contributed by atoms with Gasteiger partial charge in [0, 0.05) is 31.1 Å². The molecule has 1 saturated heterocycles. The molecule has 9 heteroatoms. The van der Waals surface area contributed by atoms with Crippen molar-refractivity contribution >= 4 is 56.8 Å². The Bertz CT molecular complexity index is 1020. The fraction of sp³-hybridized carbons (Fsp3) is 0.391. The molecule has 1 amide bonds. The number of carbonyl (C=O) groups is 1. The number of anilines is 1. The highest BCUT2D eigenvalue weighted by Crippen LogP contribution is 2.31. The van der Waals surface area contributed by atoms with Gasteiger partial charge in [0.25, 0.3) is 5.91 Å². The highest BCUT2D eigenvalue weighted by Gasteiger charge is 2.22. The van der Waals surface area contributed by atoms with Gasteiger partial charge in [0.15, 0.2) is 11.7 Å². The van der Waals surface area contributed by atoms with Crippen LogP contribution in [0.25, 0.3) is 10.2 Å². The largest absolute Gasteiger partial charge is 0.484 e. The van der Waals surface area contributed by atoms with E-state index in [0.29, 0.717) is 12.3 Å². The van der Waals surface area contributed by atoms with Crippen LogP contribution in [-0.2, 0) is 9.53 Å². The molecule has 4 rings (SSSR count). The number of hydrogen-bond donors (Lipinski definition) is 0. The van der Waals surface area contributed by atoms with Crippen LogP contribution >= 0.6 is 35.5 Å². The molecule has 2 aromatic carbocycles. The van der Waals surface area contributed by atoms with Gasteiger partial charge in [-0.2, -0.15) is 0 Å². The third kappa shape index (κ3) is 6.36. The number of thioether (sulfide) groups is 1. The van der Waals surface area contributed by atoms with E-state index in [-0.39, 0.29) is 24.9 Å². The number of rotatable bonds is 8. The molecular formula is C23H28ClN3O3S2. The van der Waals surface area contributed by atoms with Gasteiger partial charge in [-0.05, 0) is 43.5 Å². The van der Waals surface area contributed by atoms with Crippen LogP contribution in [0.4, 0.5) is 5.13 Å². The van der Waals surface area contributed by atoms with Gasteiger partial charge in [-0.25, -0.2) is 4.98 Å². The molecule has 3 aromatic rings. The summed E-state index contributed by atoms with van der Waals surface area (Å²) < 4.78 is 12.3. The number of thiazole rings is 1. The lowest BCUT2D eigenvalue weighted by Crippen LogP contribution is -2.44. The van der Waals surface area contributed by atoms with Crippen molar-refractivity contribution in [2.24, 2.45) is 0 Å². The van der Waals surface area contributed by atoms with Crippen LogP contribution in [0.15, 0.2) is 47.4 Å². The van der Waals surface area contributed by atoms with Gasteiger partial charge in [-0.3, -0.25) is 14.6 Å². The number of ether oxygens (including phenoxy) is 2. The molecule has 0 unspecified atom stereocenters. The molecule has 0 radical (unpaired) electrons. The monoisotopic (exact) mass is 493 g/mol. The molecule has 0 aliphatic carbocycles. The highest BCUT2D eigenvalue weighted by atomic mass is 35.5. The summed E-state index contributed by atoms with van der Waals surface area (Å²) in [6.45, 7) is 6.62. The summed E-state index contributed by atoms with van der Waals surface area (Å²) in [7, 11) is 0. The van der Waals surface area contributed by atoms with Crippen molar-refractivity contribution in [3.05, 3.63) is 48.0 Å². The first kappa shape index (κ1) is 24.8. The molecule has 0 spiro atoms. The molecule has 1 aliphatic rings. The van der Waals surface area contributed by atoms with E-state index in [4.69, 9.17) is 14.5 Å². The minimum Gasteiger partial charge on any atom is -0.484 e. The molecule has 172 valence electrons. The average Bonchev–Trinajstić information content (AvgIpc) is 3.22. The fourth-order valence-electron chi connectivity index (χ4n) is 3.39. The van der Waals surface area contributed by atoms with Crippen LogP contribution in [0.2, 0.25) is 0 Å². The zero-order valence-corrected chi connectivity index (χ0v) is 20.7. The molecule has 1 aliphatic heterocycles. The number of fused-ring (bicyclic) bond motifs is 1. The Morgan fingerprint density at radius 3 is 2.69 bits per heavy atom. The van der Waals surface area contributed by atoms with Crippen LogP contribution in [0.5, 0.6) is 5.75 Å². The summed E-state index contributed by atoms with van der Waals surface area (Å²) in [6.07, 6.45) is 2.06. The summed E-state index contributed by atoms with van der Waals surface area (Å²) in [5, 5.41) is 0.721. The number of halogens is 1. The van der Waals surface area contributed by atoms with E-state index in [9.17, 15) is 4.79 Å². The number of amides is 1. The number of benzene rings is 2. The normalized spacial score (nSPS) is 14.2. The second-order valence-electron chi connectivity index (χ2n) is 7.43. The van der Waals surface area contributed by atoms with Gasteiger partial charge < -0.3 is 9.47 Å². The molecular weight excluding hydrogens is 466 g/mol. The van der Waals surface area contributed by atoms with Crippen LogP contribution in [0.3, 0.4) is 0 Å². The minimum atomic E-state index is -0.0852. The van der Waals surface area contributed by atoms with Crippen molar-refractivity contribution in [3.63, 3.8) is 0 Å². The Kier molecular flexibility index (Phi) is 9.19. The van der Waals surface area contributed by atoms with E-state index in [1.807, 2.05) is 37.3 Å². The van der Waals surface area contributed by atoms with E-state index in [0.717, 1.165) is 53.8 Å². The molecule has 0 saturated carbocycles. The summed E-state index contributed by atoms with van der Waals surface area (Å²) in [5.41, 5.74) is 2.08. The quantitative estimate of drug-likeness (QED) is 0.431. The van der Waals surface area contributed by atoms with Gasteiger partial charge in [-0.1, -0.05) is 29.0 Å². The van der Waals surface area contributed by atoms with Gasteiger partial charge in [-0.15, -0.1) is 24.2 Å². The maximum atomic E-state index is 13.2. The molecule has 0 N–H and O–H groups in total. The van der Waals surface area contributed by atoms with Crippen molar-refractivity contribution in [3.8, 4) is 5.75 Å². The molecule has 2 heterocycles. The lowest BCUT2D eigenvalue weighted by atomic mass is 10.2. The van der Waals surface area contributed by atoms with E-state index in [1.54, 1.807) is 28.0 Å². The zero-order valence-electron chi connectivity index (χ0n) is 18.3. The molecule has 1 aromatic heterocycles. The third-order valence-corrected chi connectivity index (χ3v) is 7.01. The number of carbonyl (C=O) groups excluding carboxylic acids is 1. The van der Waals surface area contributed by atoms with E-state index >= 15 is 0 Å². The second kappa shape index (κ2) is 11.9. The summed E-state index contributed by atoms with van der Waals surface area (Å²) in [6, 6.07) is 14.0. The fourth-order valence-corrected chi connectivity index (χ4v) is 4.95. The smallest absolute Gasteiger partial charge is 0.266 e. The summed E-state index contributed by atoms with van der Waals surface area (Å²) in [4.78, 5) is 23.2. The minimum absolute atomic E-state index is 0. The van der Waals surface area contributed by atoms with Crippen LogP contribution < -0.4 is 9.64 Å². The Morgan fingerprint density at radius 2 is 1.97 bits per heavy atom. The summed E-state index contributed by atoms with van der Waals surface area (Å²) in [5.74, 6) is 0.610. The molecule has 1 fully saturated rings. The van der Waals surface area contributed by atoms with Crippen LogP contribution in [0.1, 0.15) is 5.56 Å². The van der Waals surface area contributed by atoms with Gasteiger partial charge >= 0.3 is 0 Å². The number of aryl methyl sites for hydroxylation is 1. The maximum Gasteiger partial charge on any atom is 0.266 e. The third-order valence-electron chi connectivity index (χ3n) is 5.24. The molecule has 32 heavy (non-hydrogen) atoms. The lowest BCUT2D eigenvalue weighted by Gasteiger charge is -2.29. The predicted molar refractivity (Wildman–Crippen MR) is 135 cm³/mol. The first-order chi connectivity index (χ1) is 15.1. The van der Waals surface area contributed by atoms with Gasteiger partial charge in [0.1, 0.15) is 5.75 Å². The summed E-state index contributed by atoms with van der Waals surface area (Å²) >= 11 is 3.26. The maximum absolute atomic E-state index is 13.2. The van der Waals surface area contributed by atoms with Crippen molar-refractivity contribution in [1.82, 2.24) is 9.88 Å². The van der Waals surface area contributed by atoms with Crippen molar-refractivity contribution in [2.45, 2.75) is 11.8 Å². The zero-order chi connectivity index (χ0) is 21.6. The van der Waals surface area contributed by atoms with E-state index in [1.165, 1.54) is 4.90 Å². The second-order valence-corrected chi connectivity index (χ2v) is 9.32. The average molecular weight is 494 g/mol. The number of aromatic nitrogens is 1. The SMILES string of the molecule is CSc1ccc2nc(N(CCN3CCOCC3)C(=O)COc3ccc(C)cc3)sc2c1.Cl. The number of hydrogen-bond acceptors (Lipinski definition) is 7. The van der Waals surface area contributed by atoms with Crippen molar-refractivity contribution in [2.75, 3.05) is 57.2 Å². The Morgan fingerprint density at radius 1 is 1.22 bits per heavy atom. The molecule has 0 bridgehead atoms. The Labute approximate surface area is 203 Å². The lowest BCUT2D eigenvalue weighted by molar-refractivity contribution is -0.120. The number of nitrogens with zero attached hydrogens (tertiary/aromatic N) is 3. The van der Waals surface area contributed by atoms with Crippen LogP contribution in [0, 0.1) is 6.92 Å². The Hall–Kier alpha value is -1.84. The van der Waals surface area contributed by atoms with Crippen molar-refractivity contribution in [1.29, 1.82) is 0 Å². The van der Waals surface area contributed by atoms with Gasteiger partial charge in [0.05, 0.1) is 23.4 Å². The first-order valence-corrected chi connectivity index (χ1v) is 12.4. The van der Waals surface area contributed by atoms with Crippen LogP contribution in [-0.4, -0.2) is 68.0 Å². The van der Waals surface area contributed by atoms with E-state index in [2.05, 4.69) is 23.3 Å². The topological polar surface area (TPSA) is 54.9 Å². The molecule has 0 atom stereocenters. The first-order valence-electron chi connectivity index (χ1n) is 10.4. The van der Waals surface area contributed by atoms with Gasteiger partial charge in [0.2, 0.25) is 0 Å². The Balaban J connectivity index is 0.00000289. The highest BCUT2D eigenvalue weighted by molar-refractivity contribution is 7.98. The molecule has 6 nitrogen and oxygen atoms in total. The number of morpholine rings is 1. The standard InChI is InChI=1S/C23H27N3O3S2.ClH/c1-17-3-5-18(6-4-17)29-16-22(27)26(10-9-25-11-13-28-14-12-25)23-24-20-8-7-19(30-2)15-21(20)31-23;/h3-8,15H,9-14,16H2,1-2H3;1H.